The summed E-state index contributed by atoms with van der Waals surface area (Å²) in [6.07, 6.45) is 2.56. The van der Waals surface area contributed by atoms with Gasteiger partial charge in [0.05, 0.1) is 24.0 Å². The van der Waals surface area contributed by atoms with Gasteiger partial charge in [0.15, 0.2) is 5.69 Å². The molecule has 2 rings (SSSR count). The molecule has 0 aliphatic rings. The highest BCUT2D eigenvalue weighted by Gasteiger charge is 2.10. The van der Waals surface area contributed by atoms with Gasteiger partial charge in [0, 0.05) is 6.07 Å². The number of carbonyl (C=O) groups excluding carboxylic acids is 1. The van der Waals surface area contributed by atoms with Gasteiger partial charge in [0.1, 0.15) is 11.6 Å². The summed E-state index contributed by atoms with van der Waals surface area (Å²) in [4.78, 5) is 19.0. The fourth-order valence-corrected chi connectivity index (χ4v) is 1.51. The highest BCUT2D eigenvalue weighted by Crippen LogP contribution is 2.24. The van der Waals surface area contributed by atoms with Gasteiger partial charge in [-0.25, -0.2) is 14.2 Å². The first kappa shape index (κ1) is 13.4. The van der Waals surface area contributed by atoms with Crippen molar-refractivity contribution < 1.29 is 18.7 Å². The summed E-state index contributed by atoms with van der Waals surface area (Å²) in [5.41, 5.74) is 0.0117. The summed E-state index contributed by atoms with van der Waals surface area (Å²) < 4.78 is 23.5. The summed E-state index contributed by atoms with van der Waals surface area (Å²) in [5, 5.41) is 0. The third-order valence-corrected chi connectivity index (χ3v) is 2.76. The van der Waals surface area contributed by atoms with Crippen LogP contribution in [0.3, 0.4) is 0 Å². The molecule has 5 nitrogen and oxygen atoms in total. The number of aromatic nitrogens is 2. The zero-order valence-electron chi connectivity index (χ0n) is 9.76. The summed E-state index contributed by atoms with van der Waals surface area (Å²) in [7, 11) is 1.24. The van der Waals surface area contributed by atoms with Gasteiger partial charge in [0.2, 0.25) is 5.88 Å². The van der Waals surface area contributed by atoms with Crippen LogP contribution in [-0.2, 0) is 4.74 Å². The van der Waals surface area contributed by atoms with Crippen molar-refractivity contribution >= 4 is 21.9 Å². The lowest BCUT2D eigenvalue weighted by molar-refractivity contribution is 0.0592. The highest BCUT2D eigenvalue weighted by atomic mass is 79.9. The first-order valence-electron chi connectivity index (χ1n) is 5.13. The third kappa shape index (κ3) is 3.25. The molecule has 0 saturated heterocycles. The average molecular weight is 327 g/mol. The van der Waals surface area contributed by atoms with E-state index < -0.39 is 11.8 Å². The van der Waals surface area contributed by atoms with E-state index >= 15 is 0 Å². The fraction of sp³-hybridized carbons (Fsp3) is 0.0833. The van der Waals surface area contributed by atoms with Crippen LogP contribution < -0.4 is 4.74 Å². The van der Waals surface area contributed by atoms with E-state index in [0.29, 0.717) is 4.47 Å². The standard InChI is InChI=1S/C12H8BrFN2O3/c1-18-12(17)10-5-15-6-11(16-10)19-7-2-3-8(13)9(14)4-7/h2-6H,1H3. The molecule has 0 spiro atoms. The number of esters is 1. The molecule has 0 bridgehead atoms. The lowest BCUT2D eigenvalue weighted by Gasteiger charge is -2.05. The molecule has 7 heteroatoms. The van der Waals surface area contributed by atoms with Crippen LogP contribution in [0.4, 0.5) is 4.39 Å². The molecule has 0 radical (unpaired) electrons. The molecule has 98 valence electrons. The van der Waals surface area contributed by atoms with E-state index in [9.17, 15) is 9.18 Å². The minimum atomic E-state index is -0.625. The minimum absolute atomic E-state index is 0.0117. The Hall–Kier alpha value is -2.02. The van der Waals surface area contributed by atoms with Gasteiger partial charge in [-0.2, -0.15) is 0 Å². The number of hydrogen-bond acceptors (Lipinski definition) is 5. The fourth-order valence-electron chi connectivity index (χ4n) is 1.26. The molecule has 0 atom stereocenters. The van der Waals surface area contributed by atoms with Gasteiger partial charge in [-0.1, -0.05) is 0 Å². The SMILES string of the molecule is COC(=O)c1cncc(Oc2ccc(Br)c(F)c2)n1. The van der Waals surface area contributed by atoms with Crippen molar-refractivity contribution in [3.05, 3.63) is 46.6 Å². The Balaban J connectivity index is 2.23. The van der Waals surface area contributed by atoms with Gasteiger partial charge < -0.3 is 9.47 Å². The highest BCUT2D eigenvalue weighted by molar-refractivity contribution is 9.10. The second-order valence-corrected chi connectivity index (χ2v) is 4.27. The number of methoxy groups -OCH3 is 1. The molecule has 0 N–H and O–H groups in total. The molecule has 1 aromatic heterocycles. The monoisotopic (exact) mass is 326 g/mol. The summed E-state index contributed by atoms with van der Waals surface area (Å²) in [6.45, 7) is 0. The maximum atomic E-state index is 13.3. The van der Waals surface area contributed by atoms with Crippen LogP contribution in [0, 0.1) is 5.82 Å². The summed E-state index contributed by atoms with van der Waals surface area (Å²) in [5.74, 6) is -0.767. The van der Waals surface area contributed by atoms with E-state index in [-0.39, 0.29) is 17.3 Å². The Morgan fingerprint density at radius 2 is 2.16 bits per heavy atom. The molecule has 1 heterocycles. The van der Waals surface area contributed by atoms with Gasteiger partial charge in [-0.05, 0) is 28.1 Å². The van der Waals surface area contributed by atoms with Crippen LogP contribution in [0.5, 0.6) is 11.6 Å². The Bertz CT molecular complexity index is 622. The molecule has 1 aromatic carbocycles. The second kappa shape index (κ2) is 5.75. The van der Waals surface area contributed by atoms with Gasteiger partial charge in [-0.3, -0.25) is 4.98 Å². The quantitative estimate of drug-likeness (QED) is 0.811. The molecule has 0 saturated carbocycles. The molecule has 2 aromatic rings. The van der Waals surface area contributed by atoms with Crippen molar-refractivity contribution in [2.45, 2.75) is 0 Å². The Kier molecular flexibility index (Phi) is 4.06. The molecular weight excluding hydrogens is 319 g/mol. The average Bonchev–Trinajstić information content (AvgIpc) is 2.42. The maximum absolute atomic E-state index is 13.3. The Morgan fingerprint density at radius 3 is 2.84 bits per heavy atom. The van der Waals surface area contributed by atoms with Crippen LogP contribution >= 0.6 is 15.9 Å². The number of nitrogens with zero attached hydrogens (tertiary/aromatic N) is 2. The number of rotatable bonds is 3. The lowest BCUT2D eigenvalue weighted by atomic mass is 10.3. The molecule has 0 aliphatic heterocycles. The first-order chi connectivity index (χ1) is 9.10. The largest absolute Gasteiger partial charge is 0.464 e. The third-order valence-electron chi connectivity index (χ3n) is 2.12. The lowest BCUT2D eigenvalue weighted by Crippen LogP contribution is -2.05. The van der Waals surface area contributed by atoms with Crippen LogP contribution in [-0.4, -0.2) is 23.0 Å². The molecule has 0 fully saturated rings. The normalized spacial score (nSPS) is 10.1. The van der Waals surface area contributed by atoms with E-state index in [2.05, 4.69) is 30.6 Å². The van der Waals surface area contributed by atoms with Crippen molar-refractivity contribution in [2.75, 3.05) is 7.11 Å². The van der Waals surface area contributed by atoms with Crippen molar-refractivity contribution in [1.29, 1.82) is 0 Å². The predicted octanol–water partition coefficient (Wildman–Crippen LogP) is 2.96. The first-order valence-corrected chi connectivity index (χ1v) is 5.92. The van der Waals surface area contributed by atoms with E-state index in [1.807, 2.05) is 0 Å². The molecule has 0 amide bonds. The molecule has 19 heavy (non-hydrogen) atoms. The maximum Gasteiger partial charge on any atom is 0.358 e. The van der Waals surface area contributed by atoms with Gasteiger partial charge in [0.25, 0.3) is 0 Å². The smallest absolute Gasteiger partial charge is 0.358 e. The van der Waals surface area contributed by atoms with E-state index in [4.69, 9.17) is 4.74 Å². The van der Waals surface area contributed by atoms with Crippen molar-refractivity contribution in [2.24, 2.45) is 0 Å². The second-order valence-electron chi connectivity index (χ2n) is 3.41. The number of ether oxygens (including phenoxy) is 2. The van der Waals surface area contributed by atoms with E-state index in [0.717, 1.165) is 0 Å². The zero-order chi connectivity index (χ0) is 13.8. The van der Waals surface area contributed by atoms with Crippen LogP contribution in [0.15, 0.2) is 35.1 Å². The Morgan fingerprint density at radius 1 is 1.37 bits per heavy atom. The van der Waals surface area contributed by atoms with Crippen molar-refractivity contribution in [3.8, 4) is 11.6 Å². The van der Waals surface area contributed by atoms with Crippen LogP contribution in [0.2, 0.25) is 0 Å². The molecular formula is C12H8BrFN2O3. The van der Waals surface area contributed by atoms with E-state index in [1.165, 1.54) is 31.6 Å². The predicted molar refractivity (Wildman–Crippen MR) is 67.5 cm³/mol. The van der Waals surface area contributed by atoms with Crippen LogP contribution in [0.25, 0.3) is 0 Å². The number of benzene rings is 1. The number of carbonyl (C=O) groups is 1. The topological polar surface area (TPSA) is 61.3 Å². The van der Waals surface area contributed by atoms with Crippen molar-refractivity contribution in [1.82, 2.24) is 9.97 Å². The van der Waals surface area contributed by atoms with Crippen molar-refractivity contribution in [3.63, 3.8) is 0 Å². The number of halogens is 2. The Labute approximate surface area is 116 Å². The van der Waals surface area contributed by atoms with E-state index in [1.54, 1.807) is 6.07 Å². The minimum Gasteiger partial charge on any atom is -0.464 e. The summed E-state index contributed by atoms with van der Waals surface area (Å²) in [6, 6.07) is 4.25. The van der Waals surface area contributed by atoms with Gasteiger partial charge in [-0.15, -0.1) is 0 Å². The molecule has 0 unspecified atom stereocenters. The van der Waals surface area contributed by atoms with Gasteiger partial charge >= 0.3 is 5.97 Å². The summed E-state index contributed by atoms with van der Waals surface area (Å²) >= 11 is 3.04. The number of hydrogen-bond donors (Lipinski definition) is 0. The molecule has 0 aliphatic carbocycles. The van der Waals surface area contributed by atoms with Crippen LogP contribution in [0.1, 0.15) is 10.5 Å². The zero-order valence-corrected chi connectivity index (χ0v) is 11.3.